The molecule has 1 aromatic carbocycles. The lowest BCUT2D eigenvalue weighted by atomic mass is 10.1. The van der Waals surface area contributed by atoms with E-state index in [1.807, 2.05) is 44.7 Å². The van der Waals surface area contributed by atoms with Crippen molar-refractivity contribution in [2.75, 3.05) is 19.6 Å². The first kappa shape index (κ1) is 23.7. The van der Waals surface area contributed by atoms with E-state index in [4.69, 9.17) is 9.26 Å². The minimum Gasteiger partial charge on any atom is -0.372 e. The molecule has 1 aromatic heterocycles. The molecule has 2 unspecified atom stereocenters. The third kappa shape index (κ3) is 6.78. The summed E-state index contributed by atoms with van der Waals surface area (Å²) in [5.74, 6) is 1.53. The normalized spacial score (nSPS) is 18.6. The van der Waals surface area contributed by atoms with E-state index >= 15 is 0 Å². The lowest BCUT2D eigenvalue weighted by Gasteiger charge is -2.35. The molecule has 2 atom stereocenters. The summed E-state index contributed by atoms with van der Waals surface area (Å²) in [7, 11) is 0. The highest BCUT2D eigenvalue weighted by Crippen LogP contribution is 2.15. The number of aryl methyl sites for hydroxylation is 1. The fraction of sp³-hybridized carbons (Fsp3) is 0.565. The van der Waals surface area contributed by atoms with Crippen LogP contribution in [0.2, 0.25) is 0 Å². The van der Waals surface area contributed by atoms with Crippen molar-refractivity contribution in [1.29, 1.82) is 0 Å². The molecule has 3 rings (SSSR count). The van der Waals surface area contributed by atoms with Gasteiger partial charge in [-0.1, -0.05) is 31.1 Å². The third-order valence-corrected chi connectivity index (χ3v) is 5.21. The summed E-state index contributed by atoms with van der Waals surface area (Å²) in [6.07, 6.45) is 1.40. The lowest BCUT2D eigenvalue weighted by molar-refractivity contribution is -0.0586. The van der Waals surface area contributed by atoms with Gasteiger partial charge < -0.3 is 24.8 Å². The largest absolute Gasteiger partial charge is 0.372 e. The molecule has 2 aromatic rings. The van der Waals surface area contributed by atoms with Crippen LogP contribution < -0.4 is 10.6 Å². The minimum atomic E-state index is -0.241. The van der Waals surface area contributed by atoms with Crippen molar-refractivity contribution in [3.8, 4) is 0 Å². The number of rotatable bonds is 8. The summed E-state index contributed by atoms with van der Waals surface area (Å²) in [5.41, 5.74) is 1.56. The maximum Gasteiger partial charge on any atom is 0.315 e. The van der Waals surface area contributed by atoms with Gasteiger partial charge in [0, 0.05) is 44.1 Å². The van der Waals surface area contributed by atoms with Crippen molar-refractivity contribution in [3.05, 3.63) is 47.1 Å². The number of nitrogens with one attached hydrogen (secondary N) is 2. The highest BCUT2D eigenvalue weighted by atomic mass is 16.5. The number of hydrogen-bond acceptors (Lipinski definition) is 6. The molecule has 1 saturated heterocycles. The molecule has 0 bridgehead atoms. The van der Waals surface area contributed by atoms with Crippen molar-refractivity contribution in [1.82, 2.24) is 25.7 Å². The molecule has 1 fully saturated rings. The van der Waals surface area contributed by atoms with Gasteiger partial charge in [0.05, 0.1) is 12.2 Å². The molecule has 0 aliphatic carbocycles. The number of ether oxygens (including phenoxy) is 1. The van der Waals surface area contributed by atoms with Gasteiger partial charge in [0.25, 0.3) is 5.91 Å². The molecule has 9 nitrogen and oxygen atoms in total. The Morgan fingerprint density at radius 3 is 2.44 bits per heavy atom. The fourth-order valence-electron chi connectivity index (χ4n) is 3.58. The van der Waals surface area contributed by atoms with Crippen LogP contribution in [0, 0.1) is 0 Å². The molecule has 32 heavy (non-hydrogen) atoms. The molecule has 2 heterocycles. The zero-order chi connectivity index (χ0) is 23.1. The maximum atomic E-state index is 12.7. The molecule has 0 saturated carbocycles. The Labute approximate surface area is 188 Å². The summed E-state index contributed by atoms with van der Waals surface area (Å²) in [6.45, 7) is 10.1. The van der Waals surface area contributed by atoms with Gasteiger partial charge in [0.2, 0.25) is 5.89 Å². The van der Waals surface area contributed by atoms with Crippen molar-refractivity contribution < 1.29 is 18.8 Å². The lowest BCUT2D eigenvalue weighted by Crippen LogP contribution is -2.48. The molecule has 0 spiro atoms. The fourth-order valence-corrected chi connectivity index (χ4v) is 3.58. The van der Waals surface area contributed by atoms with Gasteiger partial charge in [-0.05, 0) is 38.0 Å². The first-order valence-electron chi connectivity index (χ1n) is 11.2. The second-order valence-electron chi connectivity index (χ2n) is 8.58. The average Bonchev–Trinajstić information content (AvgIpc) is 3.24. The van der Waals surface area contributed by atoms with Gasteiger partial charge in [0.15, 0.2) is 5.82 Å². The van der Waals surface area contributed by atoms with Gasteiger partial charge in [-0.15, -0.1) is 0 Å². The van der Waals surface area contributed by atoms with Crippen LogP contribution in [0.25, 0.3) is 0 Å². The number of carbonyl (C=O) groups is 2. The maximum absolute atomic E-state index is 12.7. The monoisotopic (exact) mass is 443 g/mol. The van der Waals surface area contributed by atoms with Crippen LogP contribution in [-0.2, 0) is 17.7 Å². The Hall–Kier alpha value is -2.94. The van der Waals surface area contributed by atoms with Crippen LogP contribution in [0.5, 0.6) is 0 Å². The predicted molar refractivity (Wildman–Crippen MR) is 119 cm³/mol. The van der Waals surface area contributed by atoms with E-state index in [2.05, 4.69) is 20.8 Å². The Morgan fingerprint density at radius 2 is 1.81 bits per heavy atom. The third-order valence-electron chi connectivity index (χ3n) is 5.21. The Bertz CT molecular complexity index is 886. The summed E-state index contributed by atoms with van der Waals surface area (Å²) in [5, 5.41) is 9.58. The molecule has 174 valence electrons. The predicted octanol–water partition coefficient (Wildman–Crippen LogP) is 2.87. The topological polar surface area (TPSA) is 110 Å². The van der Waals surface area contributed by atoms with E-state index in [1.54, 1.807) is 12.1 Å². The number of morpholine rings is 1. The van der Waals surface area contributed by atoms with Crippen molar-refractivity contribution >= 4 is 11.9 Å². The Morgan fingerprint density at radius 1 is 1.12 bits per heavy atom. The van der Waals surface area contributed by atoms with Crippen molar-refractivity contribution in [3.63, 3.8) is 0 Å². The SMILES string of the molecule is CC1CN(C(=O)c2ccc(CNC(=O)NCCCc3nc(C(C)C)no3)cc2)CC(C)O1. The van der Waals surface area contributed by atoms with Crippen LogP contribution in [-0.4, -0.2) is 58.8 Å². The van der Waals surface area contributed by atoms with Crippen LogP contribution in [0.1, 0.15) is 67.7 Å². The number of hydrogen-bond donors (Lipinski definition) is 2. The molecule has 0 radical (unpaired) electrons. The quantitative estimate of drug-likeness (QED) is 0.607. The molecular formula is C23H33N5O4. The second-order valence-corrected chi connectivity index (χ2v) is 8.58. The Kier molecular flexibility index (Phi) is 8.21. The Balaban J connectivity index is 1.37. The van der Waals surface area contributed by atoms with E-state index in [1.165, 1.54) is 0 Å². The zero-order valence-electron chi connectivity index (χ0n) is 19.3. The molecule has 1 aliphatic heterocycles. The molecule has 9 heteroatoms. The van der Waals surface area contributed by atoms with Crippen LogP contribution in [0.15, 0.2) is 28.8 Å². The number of urea groups is 1. The smallest absolute Gasteiger partial charge is 0.315 e. The van der Waals surface area contributed by atoms with Gasteiger partial charge in [-0.2, -0.15) is 4.98 Å². The van der Waals surface area contributed by atoms with Crippen molar-refractivity contribution in [2.24, 2.45) is 0 Å². The van der Waals surface area contributed by atoms with Gasteiger partial charge >= 0.3 is 6.03 Å². The molecular weight excluding hydrogens is 410 g/mol. The summed E-state index contributed by atoms with van der Waals surface area (Å²) < 4.78 is 10.9. The summed E-state index contributed by atoms with van der Waals surface area (Å²) >= 11 is 0. The van der Waals surface area contributed by atoms with Gasteiger partial charge in [-0.25, -0.2) is 4.79 Å². The summed E-state index contributed by atoms with van der Waals surface area (Å²) in [4.78, 5) is 30.9. The first-order valence-corrected chi connectivity index (χ1v) is 11.2. The molecule has 1 aliphatic rings. The standard InChI is InChI=1S/C23H33N5O4/c1-15(2)21-26-20(32-27-21)6-5-11-24-23(30)25-12-18-7-9-19(10-8-18)22(29)28-13-16(3)31-17(4)14-28/h7-10,15-17H,5-6,11-14H2,1-4H3,(H2,24,25,30). The van der Waals surface area contributed by atoms with E-state index < -0.39 is 0 Å². The molecule has 3 amide bonds. The van der Waals surface area contributed by atoms with Gasteiger partial charge in [0.1, 0.15) is 0 Å². The second kappa shape index (κ2) is 11.1. The van der Waals surface area contributed by atoms with E-state index in [0.717, 1.165) is 5.56 Å². The number of aromatic nitrogens is 2. The highest BCUT2D eigenvalue weighted by Gasteiger charge is 2.26. The van der Waals surface area contributed by atoms with Crippen LogP contribution in [0.4, 0.5) is 4.79 Å². The number of benzene rings is 1. The zero-order valence-corrected chi connectivity index (χ0v) is 19.3. The number of nitrogens with zero attached hydrogens (tertiary/aromatic N) is 3. The number of amides is 3. The van der Waals surface area contributed by atoms with E-state index in [-0.39, 0.29) is 30.1 Å². The first-order chi connectivity index (χ1) is 15.3. The average molecular weight is 444 g/mol. The number of carbonyl (C=O) groups excluding carboxylic acids is 2. The van der Waals surface area contributed by atoms with Crippen molar-refractivity contribution in [2.45, 2.75) is 65.2 Å². The summed E-state index contributed by atoms with van der Waals surface area (Å²) in [6, 6.07) is 7.09. The van der Waals surface area contributed by atoms with Crippen LogP contribution in [0.3, 0.4) is 0 Å². The van der Waals surface area contributed by atoms with Gasteiger partial charge in [-0.3, -0.25) is 4.79 Å². The molecule has 2 N–H and O–H groups in total. The van der Waals surface area contributed by atoms with Crippen LogP contribution >= 0.6 is 0 Å². The van der Waals surface area contributed by atoms with E-state index in [0.29, 0.717) is 56.3 Å². The highest BCUT2D eigenvalue weighted by molar-refractivity contribution is 5.94. The van der Waals surface area contributed by atoms with E-state index in [9.17, 15) is 9.59 Å². The minimum absolute atomic E-state index is 0.00557.